The van der Waals surface area contributed by atoms with E-state index in [2.05, 4.69) is 0 Å². The van der Waals surface area contributed by atoms with E-state index in [1.165, 1.54) is 0 Å². The molecule has 0 unspecified atom stereocenters. The highest BCUT2D eigenvalue weighted by Crippen LogP contribution is 2.21. The summed E-state index contributed by atoms with van der Waals surface area (Å²) in [5, 5.41) is 0. The SMILES string of the molecule is O=C(c1ccccc1)c1cccc(-c2ccccc2)c1. The van der Waals surface area contributed by atoms with Crippen LogP contribution in [0.4, 0.5) is 0 Å². The third-order valence-electron chi connectivity index (χ3n) is 3.27. The highest BCUT2D eigenvalue weighted by atomic mass is 16.1. The number of benzene rings is 3. The minimum Gasteiger partial charge on any atom is -0.289 e. The molecule has 0 heterocycles. The summed E-state index contributed by atoms with van der Waals surface area (Å²) in [6, 6.07) is 27.2. The van der Waals surface area contributed by atoms with Crippen LogP contribution >= 0.6 is 0 Å². The van der Waals surface area contributed by atoms with Crippen LogP contribution in [0, 0.1) is 0 Å². The molecule has 0 bridgehead atoms. The van der Waals surface area contributed by atoms with Gasteiger partial charge in [0.15, 0.2) is 5.78 Å². The second-order valence-corrected chi connectivity index (χ2v) is 4.64. The van der Waals surface area contributed by atoms with Gasteiger partial charge in [-0.05, 0) is 17.2 Å². The molecular weight excluding hydrogens is 244 g/mol. The molecule has 0 spiro atoms. The molecule has 0 aliphatic carbocycles. The van der Waals surface area contributed by atoms with Gasteiger partial charge in [0, 0.05) is 11.1 Å². The van der Waals surface area contributed by atoms with Crippen molar-refractivity contribution in [2.24, 2.45) is 0 Å². The topological polar surface area (TPSA) is 17.1 Å². The molecule has 0 radical (unpaired) electrons. The molecule has 0 aliphatic heterocycles. The molecule has 1 nitrogen and oxygen atoms in total. The maximum absolute atomic E-state index is 12.4. The van der Waals surface area contributed by atoms with Gasteiger partial charge in [0.05, 0.1) is 0 Å². The zero-order valence-electron chi connectivity index (χ0n) is 11.0. The Kier molecular flexibility index (Phi) is 3.42. The molecule has 0 saturated carbocycles. The van der Waals surface area contributed by atoms with Crippen LogP contribution in [0.15, 0.2) is 84.9 Å². The lowest BCUT2D eigenvalue weighted by molar-refractivity contribution is 0.103. The summed E-state index contributed by atoms with van der Waals surface area (Å²) in [5.41, 5.74) is 3.62. The Bertz CT molecular complexity index is 715. The molecule has 96 valence electrons. The Morgan fingerprint density at radius 3 is 1.80 bits per heavy atom. The van der Waals surface area contributed by atoms with Gasteiger partial charge in [-0.3, -0.25) is 4.79 Å². The summed E-state index contributed by atoms with van der Waals surface area (Å²) >= 11 is 0. The smallest absolute Gasteiger partial charge is 0.193 e. The van der Waals surface area contributed by atoms with Crippen molar-refractivity contribution >= 4 is 5.78 Å². The molecule has 0 N–H and O–H groups in total. The molecule has 3 aromatic rings. The van der Waals surface area contributed by atoms with Crippen LogP contribution < -0.4 is 0 Å². The number of ketones is 1. The average Bonchev–Trinajstić information content (AvgIpc) is 2.56. The number of hydrogen-bond acceptors (Lipinski definition) is 1. The molecule has 0 aromatic heterocycles. The van der Waals surface area contributed by atoms with Crippen LogP contribution in [0.5, 0.6) is 0 Å². The van der Waals surface area contributed by atoms with Crippen molar-refractivity contribution in [2.45, 2.75) is 0 Å². The van der Waals surface area contributed by atoms with Crippen molar-refractivity contribution < 1.29 is 4.79 Å². The number of carbonyl (C=O) groups excluding carboxylic acids is 1. The second kappa shape index (κ2) is 5.54. The lowest BCUT2D eigenvalue weighted by Gasteiger charge is -2.05. The van der Waals surface area contributed by atoms with E-state index in [9.17, 15) is 4.79 Å². The summed E-state index contributed by atoms with van der Waals surface area (Å²) in [6.07, 6.45) is 0. The molecule has 0 atom stereocenters. The lowest BCUT2D eigenvalue weighted by atomic mass is 9.98. The van der Waals surface area contributed by atoms with Gasteiger partial charge in [0.2, 0.25) is 0 Å². The quantitative estimate of drug-likeness (QED) is 0.628. The van der Waals surface area contributed by atoms with Gasteiger partial charge >= 0.3 is 0 Å². The van der Waals surface area contributed by atoms with Crippen molar-refractivity contribution in [1.82, 2.24) is 0 Å². The van der Waals surface area contributed by atoms with Gasteiger partial charge in [-0.2, -0.15) is 0 Å². The Hall–Kier alpha value is -2.67. The summed E-state index contributed by atoms with van der Waals surface area (Å²) < 4.78 is 0. The number of hydrogen-bond donors (Lipinski definition) is 0. The Morgan fingerprint density at radius 1 is 0.550 bits per heavy atom. The first-order valence-electron chi connectivity index (χ1n) is 6.60. The average molecular weight is 258 g/mol. The van der Waals surface area contributed by atoms with Gasteiger partial charge in [0.25, 0.3) is 0 Å². The summed E-state index contributed by atoms with van der Waals surface area (Å²) in [5.74, 6) is 0.0587. The van der Waals surface area contributed by atoms with Crippen LogP contribution in [0.1, 0.15) is 15.9 Å². The lowest BCUT2D eigenvalue weighted by Crippen LogP contribution is -2.00. The maximum atomic E-state index is 12.4. The number of carbonyl (C=O) groups is 1. The monoisotopic (exact) mass is 258 g/mol. The first kappa shape index (κ1) is 12.4. The van der Waals surface area contributed by atoms with E-state index in [1.807, 2.05) is 84.9 Å². The van der Waals surface area contributed by atoms with Crippen molar-refractivity contribution in [2.75, 3.05) is 0 Å². The van der Waals surface area contributed by atoms with Crippen LogP contribution in [-0.4, -0.2) is 5.78 Å². The summed E-state index contributed by atoms with van der Waals surface area (Å²) in [6.45, 7) is 0. The van der Waals surface area contributed by atoms with Crippen molar-refractivity contribution in [1.29, 1.82) is 0 Å². The van der Waals surface area contributed by atoms with Crippen LogP contribution in [0.3, 0.4) is 0 Å². The highest BCUT2D eigenvalue weighted by Gasteiger charge is 2.09. The Morgan fingerprint density at radius 2 is 1.10 bits per heavy atom. The van der Waals surface area contributed by atoms with Crippen molar-refractivity contribution in [3.05, 3.63) is 96.1 Å². The van der Waals surface area contributed by atoms with Gasteiger partial charge in [0.1, 0.15) is 0 Å². The van der Waals surface area contributed by atoms with Crippen LogP contribution in [0.2, 0.25) is 0 Å². The van der Waals surface area contributed by atoms with Crippen molar-refractivity contribution in [3.8, 4) is 11.1 Å². The van der Waals surface area contributed by atoms with E-state index in [0.717, 1.165) is 22.3 Å². The predicted molar refractivity (Wildman–Crippen MR) is 81.8 cm³/mol. The van der Waals surface area contributed by atoms with E-state index in [4.69, 9.17) is 0 Å². The van der Waals surface area contributed by atoms with E-state index >= 15 is 0 Å². The fraction of sp³-hybridized carbons (Fsp3) is 0. The van der Waals surface area contributed by atoms with Crippen LogP contribution in [0.25, 0.3) is 11.1 Å². The molecule has 1 heteroatoms. The zero-order valence-corrected chi connectivity index (χ0v) is 11.0. The third-order valence-corrected chi connectivity index (χ3v) is 3.27. The van der Waals surface area contributed by atoms with E-state index in [1.54, 1.807) is 0 Å². The Labute approximate surface area is 118 Å². The molecule has 3 rings (SSSR count). The molecule has 0 fully saturated rings. The van der Waals surface area contributed by atoms with Gasteiger partial charge < -0.3 is 0 Å². The molecule has 3 aromatic carbocycles. The zero-order chi connectivity index (χ0) is 13.8. The maximum Gasteiger partial charge on any atom is 0.193 e. The third kappa shape index (κ3) is 2.52. The standard InChI is InChI=1S/C19H14O/c20-19(16-10-5-2-6-11-16)18-13-7-12-17(14-18)15-8-3-1-4-9-15/h1-14H. The fourth-order valence-electron chi connectivity index (χ4n) is 2.23. The molecule has 0 amide bonds. The highest BCUT2D eigenvalue weighted by molar-refractivity contribution is 6.09. The van der Waals surface area contributed by atoms with E-state index in [-0.39, 0.29) is 5.78 Å². The largest absolute Gasteiger partial charge is 0.289 e. The van der Waals surface area contributed by atoms with Crippen molar-refractivity contribution in [3.63, 3.8) is 0 Å². The predicted octanol–water partition coefficient (Wildman–Crippen LogP) is 4.58. The van der Waals surface area contributed by atoms with Gasteiger partial charge in [-0.1, -0.05) is 78.9 Å². The molecule has 0 saturated heterocycles. The normalized spacial score (nSPS) is 10.2. The molecular formula is C19H14O. The molecule has 20 heavy (non-hydrogen) atoms. The minimum atomic E-state index is 0.0587. The number of rotatable bonds is 3. The summed E-state index contributed by atoms with van der Waals surface area (Å²) in [7, 11) is 0. The molecule has 0 aliphatic rings. The first-order chi connectivity index (χ1) is 9.84. The first-order valence-corrected chi connectivity index (χ1v) is 6.60. The Balaban J connectivity index is 1.98. The van der Waals surface area contributed by atoms with E-state index < -0.39 is 0 Å². The van der Waals surface area contributed by atoms with Gasteiger partial charge in [-0.25, -0.2) is 0 Å². The summed E-state index contributed by atoms with van der Waals surface area (Å²) in [4.78, 5) is 12.4. The van der Waals surface area contributed by atoms with Crippen LogP contribution in [-0.2, 0) is 0 Å². The minimum absolute atomic E-state index is 0.0587. The second-order valence-electron chi connectivity index (χ2n) is 4.64. The van der Waals surface area contributed by atoms with E-state index in [0.29, 0.717) is 0 Å². The van der Waals surface area contributed by atoms with Gasteiger partial charge in [-0.15, -0.1) is 0 Å². The fourth-order valence-corrected chi connectivity index (χ4v) is 2.23.